The summed E-state index contributed by atoms with van der Waals surface area (Å²) in [6.07, 6.45) is 0. The number of benzene rings is 1. The smallest absolute Gasteiger partial charge is 0.322 e. The summed E-state index contributed by atoms with van der Waals surface area (Å²) in [5.74, 6) is -0.347. The van der Waals surface area contributed by atoms with Gasteiger partial charge in [0.05, 0.1) is 10.5 Å². The van der Waals surface area contributed by atoms with E-state index >= 15 is 0 Å². The van der Waals surface area contributed by atoms with E-state index in [0.29, 0.717) is 11.3 Å². The monoisotopic (exact) mass is 341 g/mol. The number of nitro groups is 1. The van der Waals surface area contributed by atoms with E-state index in [1.165, 1.54) is 11.4 Å². The zero-order valence-corrected chi connectivity index (χ0v) is 13.5. The minimum atomic E-state index is -0.502. The van der Waals surface area contributed by atoms with Crippen LogP contribution < -0.4 is 10.6 Å². The highest BCUT2D eigenvalue weighted by molar-refractivity contribution is 7.13. The third kappa shape index (κ3) is 4.80. The molecule has 6 nitrogen and oxygen atoms in total. The lowest BCUT2D eigenvalue weighted by Crippen LogP contribution is -2.13. The molecule has 8 heteroatoms. The maximum absolute atomic E-state index is 12.0. The first kappa shape index (κ1) is 18.1. The average Bonchev–Trinajstić information content (AvgIpc) is 2.95. The molecule has 0 radical (unpaired) electrons. The van der Waals surface area contributed by atoms with Crippen LogP contribution in [0.2, 0.25) is 0 Å². The Morgan fingerprint density at radius 3 is 2.77 bits per heavy atom. The van der Waals surface area contributed by atoms with Crippen LogP contribution >= 0.6 is 23.7 Å². The third-order valence-electron chi connectivity index (χ3n) is 2.79. The minimum absolute atomic E-state index is 0. The van der Waals surface area contributed by atoms with E-state index in [9.17, 15) is 14.9 Å². The quantitative estimate of drug-likeness (QED) is 0.622. The predicted molar refractivity (Wildman–Crippen MR) is 90.0 cm³/mol. The molecule has 0 saturated heterocycles. The fourth-order valence-electron chi connectivity index (χ4n) is 1.77. The summed E-state index contributed by atoms with van der Waals surface area (Å²) in [6, 6.07) is 8.77. The Morgan fingerprint density at radius 2 is 2.14 bits per heavy atom. The first-order valence-corrected chi connectivity index (χ1v) is 7.32. The molecule has 1 aromatic heterocycles. The molecule has 1 amide bonds. The van der Waals surface area contributed by atoms with Crippen LogP contribution in [0, 0.1) is 10.1 Å². The Kier molecular flexibility index (Phi) is 6.97. The molecular weight excluding hydrogens is 326 g/mol. The van der Waals surface area contributed by atoms with Crippen molar-refractivity contribution in [2.45, 2.75) is 13.5 Å². The maximum atomic E-state index is 12.0. The number of nitrogens with zero attached hydrogens (tertiary/aromatic N) is 1. The fraction of sp³-hybridized carbons (Fsp3) is 0.214. The lowest BCUT2D eigenvalue weighted by Gasteiger charge is -2.07. The van der Waals surface area contributed by atoms with Crippen molar-refractivity contribution >= 4 is 40.3 Å². The summed E-state index contributed by atoms with van der Waals surface area (Å²) in [7, 11) is 0. The van der Waals surface area contributed by atoms with Crippen LogP contribution in [0.4, 0.5) is 10.7 Å². The van der Waals surface area contributed by atoms with Gasteiger partial charge < -0.3 is 10.6 Å². The molecular formula is C14H16ClN3O3S. The SMILES string of the molecule is CCNCc1cccc(NC(=O)c2csc([N+](=O)[O-])c2)c1.Cl. The molecule has 22 heavy (non-hydrogen) atoms. The Labute approximate surface area is 138 Å². The third-order valence-corrected chi connectivity index (χ3v) is 3.67. The normalized spacial score (nSPS) is 9.86. The van der Waals surface area contributed by atoms with E-state index in [1.54, 1.807) is 6.07 Å². The van der Waals surface area contributed by atoms with E-state index in [-0.39, 0.29) is 23.3 Å². The molecule has 0 aliphatic rings. The summed E-state index contributed by atoms with van der Waals surface area (Å²) >= 11 is 0.941. The van der Waals surface area contributed by atoms with Gasteiger partial charge in [0, 0.05) is 23.7 Å². The molecule has 2 N–H and O–H groups in total. The summed E-state index contributed by atoms with van der Waals surface area (Å²) in [4.78, 5) is 22.1. The molecule has 0 fully saturated rings. The first-order valence-electron chi connectivity index (χ1n) is 6.44. The predicted octanol–water partition coefficient (Wildman–Crippen LogP) is 3.44. The number of carbonyl (C=O) groups is 1. The standard InChI is InChI=1S/C14H15N3O3S.ClH/c1-2-15-8-10-4-3-5-12(6-10)16-14(18)11-7-13(17(19)20)21-9-11;/h3-7,9,15H,2,8H2,1H3,(H,16,18);1H. The molecule has 0 aliphatic carbocycles. The second-order valence-corrected chi connectivity index (χ2v) is 5.26. The zero-order chi connectivity index (χ0) is 15.2. The number of carbonyl (C=O) groups excluding carboxylic acids is 1. The number of nitrogens with one attached hydrogen (secondary N) is 2. The van der Waals surface area contributed by atoms with Gasteiger partial charge in [-0.2, -0.15) is 0 Å². The molecule has 1 aromatic carbocycles. The molecule has 2 rings (SSSR count). The number of anilines is 1. The van der Waals surface area contributed by atoms with E-state index in [0.717, 1.165) is 30.0 Å². The van der Waals surface area contributed by atoms with Crippen molar-refractivity contribution in [2.75, 3.05) is 11.9 Å². The molecule has 0 atom stereocenters. The van der Waals surface area contributed by atoms with Crippen LogP contribution in [0.15, 0.2) is 35.7 Å². The summed E-state index contributed by atoms with van der Waals surface area (Å²) < 4.78 is 0. The van der Waals surface area contributed by atoms with Crippen LogP contribution in [-0.4, -0.2) is 17.4 Å². The van der Waals surface area contributed by atoms with Crippen LogP contribution in [0.3, 0.4) is 0 Å². The van der Waals surface area contributed by atoms with Gasteiger partial charge in [-0.3, -0.25) is 14.9 Å². The van der Waals surface area contributed by atoms with Crippen LogP contribution in [0.1, 0.15) is 22.8 Å². The lowest BCUT2D eigenvalue weighted by molar-refractivity contribution is -0.380. The Bertz CT molecular complexity index is 660. The topological polar surface area (TPSA) is 84.3 Å². The lowest BCUT2D eigenvalue weighted by atomic mass is 10.2. The largest absolute Gasteiger partial charge is 0.324 e. The summed E-state index contributed by atoms with van der Waals surface area (Å²) in [5.41, 5.74) is 2.03. The molecule has 0 spiro atoms. The van der Waals surface area contributed by atoms with Crippen molar-refractivity contribution in [1.82, 2.24) is 5.32 Å². The Balaban J connectivity index is 0.00000242. The van der Waals surface area contributed by atoms with Gasteiger partial charge in [-0.1, -0.05) is 30.4 Å². The van der Waals surface area contributed by atoms with Gasteiger partial charge in [0.25, 0.3) is 5.91 Å². The molecule has 0 aliphatic heterocycles. The maximum Gasteiger partial charge on any atom is 0.324 e. The van der Waals surface area contributed by atoms with Gasteiger partial charge in [-0.15, -0.1) is 12.4 Å². The number of hydrogen-bond donors (Lipinski definition) is 2. The van der Waals surface area contributed by atoms with Gasteiger partial charge in [-0.05, 0) is 24.2 Å². The van der Waals surface area contributed by atoms with Gasteiger partial charge in [-0.25, -0.2) is 0 Å². The number of amides is 1. The molecule has 0 bridgehead atoms. The molecule has 1 heterocycles. The van der Waals surface area contributed by atoms with Gasteiger partial charge in [0.15, 0.2) is 0 Å². The van der Waals surface area contributed by atoms with Crippen molar-refractivity contribution < 1.29 is 9.72 Å². The number of hydrogen-bond acceptors (Lipinski definition) is 5. The van der Waals surface area contributed by atoms with E-state index in [4.69, 9.17) is 0 Å². The van der Waals surface area contributed by atoms with E-state index in [2.05, 4.69) is 10.6 Å². The van der Waals surface area contributed by atoms with Crippen molar-refractivity contribution in [3.8, 4) is 0 Å². The van der Waals surface area contributed by atoms with Crippen LogP contribution in [-0.2, 0) is 6.54 Å². The average molecular weight is 342 g/mol. The minimum Gasteiger partial charge on any atom is -0.322 e. The molecule has 118 valence electrons. The van der Waals surface area contributed by atoms with Crippen molar-refractivity contribution in [2.24, 2.45) is 0 Å². The highest BCUT2D eigenvalue weighted by Gasteiger charge is 2.15. The zero-order valence-electron chi connectivity index (χ0n) is 11.9. The van der Waals surface area contributed by atoms with E-state index < -0.39 is 4.92 Å². The second-order valence-electron chi connectivity index (χ2n) is 4.37. The highest BCUT2D eigenvalue weighted by Crippen LogP contribution is 2.23. The van der Waals surface area contributed by atoms with E-state index in [1.807, 2.05) is 25.1 Å². The summed E-state index contributed by atoms with van der Waals surface area (Å²) in [6.45, 7) is 3.62. The Hall–Kier alpha value is -1.96. The second kappa shape index (κ2) is 8.47. The van der Waals surface area contributed by atoms with Crippen LogP contribution in [0.25, 0.3) is 0 Å². The van der Waals surface area contributed by atoms with Crippen LogP contribution in [0.5, 0.6) is 0 Å². The first-order chi connectivity index (χ1) is 10.1. The van der Waals surface area contributed by atoms with Gasteiger partial charge in [0.1, 0.15) is 0 Å². The van der Waals surface area contributed by atoms with Crippen molar-refractivity contribution in [1.29, 1.82) is 0 Å². The number of rotatable bonds is 6. The Morgan fingerprint density at radius 1 is 1.36 bits per heavy atom. The summed E-state index contributed by atoms with van der Waals surface area (Å²) in [5, 5.41) is 18.0. The molecule has 2 aromatic rings. The molecule has 0 unspecified atom stereocenters. The number of halogens is 1. The fourth-order valence-corrected chi connectivity index (χ4v) is 2.48. The number of thiophene rings is 1. The highest BCUT2D eigenvalue weighted by atomic mass is 35.5. The van der Waals surface area contributed by atoms with Gasteiger partial charge in [0.2, 0.25) is 0 Å². The van der Waals surface area contributed by atoms with Crippen molar-refractivity contribution in [3.63, 3.8) is 0 Å². The molecule has 0 saturated carbocycles. The van der Waals surface area contributed by atoms with Crippen molar-refractivity contribution in [3.05, 3.63) is 57.0 Å². The van der Waals surface area contributed by atoms with Gasteiger partial charge >= 0.3 is 5.00 Å².